The maximum atomic E-state index is 12.0. The minimum absolute atomic E-state index is 0.270. The molecule has 1 aliphatic heterocycles. The topological polar surface area (TPSA) is 56.5 Å². The zero-order chi connectivity index (χ0) is 13.9. The lowest BCUT2D eigenvalue weighted by Gasteiger charge is -2.18. The summed E-state index contributed by atoms with van der Waals surface area (Å²) < 4.78 is 45.3. The van der Waals surface area contributed by atoms with Crippen LogP contribution in [0.25, 0.3) is 0 Å². The first-order valence-electron chi connectivity index (χ1n) is 5.64. The Kier molecular flexibility index (Phi) is 3.96. The number of ether oxygens (including phenoxy) is 2. The summed E-state index contributed by atoms with van der Waals surface area (Å²) in [5, 5.41) is 0. The first-order valence-corrected chi connectivity index (χ1v) is 5.64. The van der Waals surface area contributed by atoms with Crippen LogP contribution in [0.5, 0.6) is 5.75 Å². The van der Waals surface area contributed by atoms with Crippen molar-refractivity contribution in [3.8, 4) is 5.75 Å². The van der Waals surface area contributed by atoms with Gasteiger partial charge in [-0.2, -0.15) is 0 Å². The predicted octanol–water partition coefficient (Wildman–Crippen LogP) is 2.39. The molecule has 1 aromatic rings. The fourth-order valence-electron chi connectivity index (χ4n) is 1.84. The molecule has 1 aliphatic rings. The normalized spacial score (nSPS) is 16.7. The Balaban J connectivity index is 2.12. The summed E-state index contributed by atoms with van der Waals surface area (Å²) in [7, 11) is 0. The number of rotatable bonds is 4. The predicted molar refractivity (Wildman–Crippen MR) is 61.8 cm³/mol. The quantitative estimate of drug-likeness (QED) is 0.654. The largest absolute Gasteiger partial charge is 0.573 e. The van der Waals surface area contributed by atoms with Crippen LogP contribution in [-0.2, 0) is 4.74 Å². The molecule has 3 N–H and O–H groups in total. The van der Waals surface area contributed by atoms with Crippen LogP contribution in [0.4, 0.5) is 13.2 Å². The van der Waals surface area contributed by atoms with Gasteiger partial charge in [-0.3, -0.25) is 5.84 Å². The summed E-state index contributed by atoms with van der Waals surface area (Å²) in [4.78, 5) is 0. The van der Waals surface area contributed by atoms with Crippen LogP contribution in [-0.4, -0.2) is 13.0 Å². The van der Waals surface area contributed by atoms with E-state index in [-0.39, 0.29) is 11.8 Å². The smallest absolute Gasteiger partial charge is 0.496 e. The molecule has 0 radical (unpaired) electrons. The Morgan fingerprint density at radius 3 is 2.42 bits per heavy atom. The van der Waals surface area contributed by atoms with E-state index in [1.807, 2.05) is 6.08 Å². The molecule has 0 aliphatic carbocycles. The van der Waals surface area contributed by atoms with Gasteiger partial charge in [0.25, 0.3) is 0 Å². The zero-order valence-corrected chi connectivity index (χ0v) is 9.91. The minimum Gasteiger partial charge on any atom is -0.496 e. The van der Waals surface area contributed by atoms with Gasteiger partial charge in [0.2, 0.25) is 0 Å². The molecule has 0 bridgehead atoms. The Morgan fingerprint density at radius 2 is 1.95 bits per heavy atom. The van der Waals surface area contributed by atoms with E-state index in [9.17, 15) is 13.2 Å². The van der Waals surface area contributed by atoms with Gasteiger partial charge in [-0.1, -0.05) is 12.1 Å². The van der Waals surface area contributed by atoms with E-state index in [4.69, 9.17) is 10.6 Å². The average Bonchev–Trinajstić information content (AvgIpc) is 2.84. The Bertz CT molecular complexity index is 457. The van der Waals surface area contributed by atoms with Gasteiger partial charge in [0.1, 0.15) is 17.6 Å². The van der Waals surface area contributed by atoms with Crippen LogP contribution in [0.15, 0.2) is 36.1 Å². The molecule has 7 heteroatoms. The number of alkyl halides is 3. The molecule has 0 spiro atoms. The van der Waals surface area contributed by atoms with Crippen molar-refractivity contribution in [3.05, 3.63) is 41.7 Å². The first-order chi connectivity index (χ1) is 8.99. The number of hydrogen-bond donors (Lipinski definition) is 2. The molecule has 19 heavy (non-hydrogen) atoms. The monoisotopic (exact) mass is 274 g/mol. The fraction of sp³-hybridized carbons (Fsp3) is 0.333. The van der Waals surface area contributed by atoms with E-state index in [2.05, 4.69) is 10.2 Å². The highest BCUT2D eigenvalue weighted by Crippen LogP contribution is 2.28. The number of benzene rings is 1. The molecule has 1 heterocycles. The molecular weight excluding hydrogens is 261 g/mol. The van der Waals surface area contributed by atoms with Crippen molar-refractivity contribution in [3.63, 3.8) is 0 Å². The third-order valence-electron chi connectivity index (χ3n) is 2.63. The van der Waals surface area contributed by atoms with Crippen molar-refractivity contribution in [1.29, 1.82) is 0 Å². The van der Waals surface area contributed by atoms with Crippen molar-refractivity contribution >= 4 is 0 Å². The molecule has 0 amide bonds. The number of hydrogen-bond acceptors (Lipinski definition) is 4. The number of nitrogens with two attached hydrogens (primary N) is 1. The molecule has 0 aromatic heterocycles. The van der Waals surface area contributed by atoms with E-state index in [0.717, 1.165) is 6.42 Å². The van der Waals surface area contributed by atoms with Crippen LogP contribution in [0.3, 0.4) is 0 Å². The van der Waals surface area contributed by atoms with E-state index >= 15 is 0 Å². The second kappa shape index (κ2) is 5.50. The van der Waals surface area contributed by atoms with Crippen LogP contribution < -0.4 is 16.0 Å². The molecule has 0 saturated heterocycles. The van der Waals surface area contributed by atoms with Gasteiger partial charge < -0.3 is 9.47 Å². The standard InChI is InChI=1S/C12H13F3N2O2/c13-12(14,15)19-9-5-3-8(4-6-9)11(17-16)10-2-1-7-18-10/h2-6,11,17H,1,7,16H2. The summed E-state index contributed by atoms with van der Waals surface area (Å²) in [5.74, 6) is 5.85. The van der Waals surface area contributed by atoms with Crippen LogP contribution in [0, 0.1) is 0 Å². The molecule has 4 nitrogen and oxygen atoms in total. The van der Waals surface area contributed by atoms with E-state index in [1.54, 1.807) is 0 Å². The lowest BCUT2D eigenvalue weighted by Crippen LogP contribution is -2.29. The maximum Gasteiger partial charge on any atom is 0.573 e. The Morgan fingerprint density at radius 1 is 1.26 bits per heavy atom. The van der Waals surface area contributed by atoms with Gasteiger partial charge >= 0.3 is 6.36 Å². The Hall–Kier alpha value is -1.73. The summed E-state index contributed by atoms with van der Waals surface area (Å²) in [6.45, 7) is 0.586. The highest BCUT2D eigenvalue weighted by molar-refractivity contribution is 5.32. The number of hydrazine groups is 1. The van der Waals surface area contributed by atoms with Crippen LogP contribution >= 0.6 is 0 Å². The van der Waals surface area contributed by atoms with E-state index < -0.39 is 6.36 Å². The average molecular weight is 274 g/mol. The molecule has 1 unspecified atom stereocenters. The van der Waals surface area contributed by atoms with Gasteiger partial charge in [0.05, 0.1) is 6.61 Å². The summed E-state index contributed by atoms with van der Waals surface area (Å²) in [5.41, 5.74) is 3.27. The second-order valence-corrected chi connectivity index (χ2v) is 3.96. The van der Waals surface area contributed by atoms with Gasteiger partial charge in [-0.25, -0.2) is 5.43 Å². The molecule has 1 aromatic carbocycles. The molecule has 0 saturated carbocycles. The van der Waals surface area contributed by atoms with Gasteiger partial charge in [0, 0.05) is 6.42 Å². The van der Waals surface area contributed by atoms with Crippen molar-refractivity contribution in [2.24, 2.45) is 5.84 Å². The highest BCUT2D eigenvalue weighted by Gasteiger charge is 2.31. The van der Waals surface area contributed by atoms with Gasteiger partial charge in [0.15, 0.2) is 0 Å². The second-order valence-electron chi connectivity index (χ2n) is 3.96. The van der Waals surface area contributed by atoms with Gasteiger partial charge in [-0.15, -0.1) is 13.2 Å². The molecule has 0 fully saturated rings. The minimum atomic E-state index is -4.69. The lowest BCUT2D eigenvalue weighted by atomic mass is 10.1. The molecular formula is C12H13F3N2O2. The highest BCUT2D eigenvalue weighted by atomic mass is 19.4. The van der Waals surface area contributed by atoms with Crippen LogP contribution in [0.1, 0.15) is 18.0 Å². The number of nitrogens with one attached hydrogen (secondary N) is 1. The summed E-state index contributed by atoms with van der Waals surface area (Å²) in [6.07, 6.45) is -2.00. The van der Waals surface area contributed by atoms with Crippen molar-refractivity contribution in [1.82, 2.24) is 5.43 Å². The third kappa shape index (κ3) is 3.62. The van der Waals surface area contributed by atoms with E-state index in [1.165, 1.54) is 24.3 Å². The van der Waals surface area contributed by atoms with Crippen molar-refractivity contribution < 1.29 is 22.6 Å². The SMILES string of the molecule is NNC(C1=CCCO1)c1ccc(OC(F)(F)F)cc1. The number of halogens is 3. The fourth-order valence-corrected chi connectivity index (χ4v) is 1.84. The van der Waals surface area contributed by atoms with Crippen molar-refractivity contribution in [2.75, 3.05) is 6.61 Å². The van der Waals surface area contributed by atoms with Crippen LogP contribution in [0.2, 0.25) is 0 Å². The first kappa shape index (κ1) is 13.7. The summed E-state index contributed by atoms with van der Waals surface area (Å²) >= 11 is 0. The summed E-state index contributed by atoms with van der Waals surface area (Å²) in [6, 6.07) is 5.12. The van der Waals surface area contributed by atoms with E-state index in [0.29, 0.717) is 17.9 Å². The maximum absolute atomic E-state index is 12.0. The molecule has 104 valence electrons. The third-order valence-corrected chi connectivity index (χ3v) is 2.63. The lowest BCUT2D eigenvalue weighted by molar-refractivity contribution is -0.274. The zero-order valence-electron chi connectivity index (χ0n) is 9.91. The molecule has 1 atom stereocenters. The van der Waals surface area contributed by atoms with Crippen molar-refractivity contribution in [2.45, 2.75) is 18.8 Å². The molecule has 2 rings (SSSR count). The Labute approximate surface area is 108 Å². The van der Waals surface area contributed by atoms with Gasteiger partial charge in [-0.05, 0) is 23.8 Å².